The second-order valence-corrected chi connectivity index (χ2v) is 8.21. The fourth-order valence-corrected chi connectivity index (χ4v) is 4.86. The summed E-state index contributed by atoms with van der Waals surface area (Å²) in [6, 6.07) is 0. The van der Waals surface area contributed by atoms with Gasteiger partial charge in [-0.2, -0.15) is 13.2 Å². The molecule has 0 saturated heterocycles. The molecule has 0 aromatic carbocycles. The molecule has 0 aromatic rings. The number of halogens is 3. The third kappa shape index (κ3) is 7.19. The monoisotopic (exact) mass is 344 g/mol. The van der Waals surface area contributed by atoms with E-state index in [-0.39, 0.29) is 5.92 Å². The first-order valence-electron chi connectivity index (χ1n) is 10.2. The van der Waals surface area contributed by atoms with Gasteiger partial charge in [0.1, 0.15) is 0 Å². The molecule has 140 valence electrons. The molecule has 2 aliphatic carbocycles. The van der Waals surface area contributed by atoms with Crippen LogP contribution in [0.4, 0.5) is 13.2 Å². The molecule has 0 nitrogen and oxygen atoms in total. The zero-order chi connectivity index (χ0) is 17.4. The summed E-state index contributed by atoms with van der Waals surface area (Å²) >= 11 is 0. The van der Waals surface area contributed by atoms with Gasteiger partial charge < -0.3 is 0 Å². The van der Waals surface area contributed by atoms with E-state index in [4.69, 9.17) is 0 Å². The maximum Gasteiger partial charge on any atom is 0.409 e. The second-order valence-electron chi connectivity index (χ2n) is 8.21. The van der Waals surface area contributed by atoms with E-state index in [1.54, 1.807) is 0 Å². The topological polar surface area (TPSA) is 0 Å². The normalized spacial score (nSPS) is 32.3. The molecule has 0 N–H and O–H groups in total. The average molecular weight is 345 g/mol. The van der Waals surface area contributed by atoms with E-state index < -0.39 is 6.18 Å². The lowest BCUT2D eigenvalue weighted by atomic mass is 9.68. The third-order valence-corrected chi connectivity index (χ3v) is 6.40. The Labute approximate surface area is 146 Å². The Morgan fingerprint density at radius 3 is 1.92 bits per heavy atom. The van der Waals surface area contributed by atoms with E-state index in [0.29, 0.717) is 6.08 Å². The summed E-state index contributed by atoms with van der Waals surface area (Å²) in [5.74, 6) is 2.73. The van der Waals surface area contributed by atoms with Crippen molar-refractivity contribution in [2.75, 3.05) is 0 Å². The summed E-state index contributed by atoms with van der Waals surface area (Å²) in [6.45, 7) is 2.26. The first-order chi connectivity index (χ1) is 11.5. The zero-order valence-corrected chi connectivity index (χ0v) is 15.3. The molecule has 0 amide bonds. The highest BCUT2D eigenvalue weighted by Crippen LogP contribution is 2.42. The predicted octanol–water partition coefficient (Wildman–Crippen LogP) is 7.69. The van der Waals surface area contributed by atoms with Gasteiger partial charge in [0, 0.05) is 6.08 Å². The van der Waals surface area contributed by atoms with Crippen LogP contribution in [-0.2, 0) is 0 Å². The minimum Gasteiger partial charge on any atom is -0.167 e. The van der Waals surface area contributed by atoms with Gasteiger partial charge in [-0.15, -0.1) is 0 Å². The van der Waals surface area contributed by atoms with E-state index in [9.17, 15) is 13.2 Å². The molecule has 0 heterocycles. The van der Waals surface area contributed by atoms with Crippen LogP contribution in [0.2, 0.25) is 0 Å². The fourth-order valence-electron chi connectivity index (χ4n) is 4.86. The van der Waals surface area contributed by atoms with Crippen molar-refractivity contribution in [2.24, 2.45) is 23.7 Å². The van der Waals surface area contributed by atoms with Crippen molar-refractivity contribution < 1.29 is 13.2 Å². The molecule has 2 rings (SSSR count). The number of alkyl halides is 3. The lowest BCUT2D eigenvalue weighted by molar-refractivity contribution is -0.0803. The molecule has 2 saturated carbocycles. The summed E-state index contributed by atoms with van der Waals surface area (Å²) in [5, 5.41) is 0. The summed E-state index contributed by atoms with van der Waals surface area (Å²) < 4.78 is 36.8. The first-order valence-corrected chi connectivity index (χ1v) is 10.2. The van der Waals surface area contributed by atoms with Crippen molar-refractivity contribution in [3.05, 3.63) is 12.2 Å². The number of allylic oxidation sites excluding steroid dienone is 2. The molecule has 0 atom stereocenters. The van der Waals surface area contributed by atoms with Gasteiger partial charge in [-0.3, -0.25) is 0 Å². The molecule has 0 radical (unpaired) electrons. The van der Waals surface area contributed by atoms with Crippen molar-refractivity contribution in [2.45, 2.75) is 96.6 Å². The maximum atomic E-state index is 12.3. The van der Waals surface area contributed by atoms with Crippen LogP contribution >= 0.6 is 0 Å². The lowest BCUT2D eigenvalue weighted by Crippen LogP contribution is -2.25. The van der Waals surface area contributed by atoms with E-state index in [2.05, 4.69) is 6.92 Å². The van der Waals surface area contributed by atoms with Crippen molar-refractivity contribution in [1.29, 1.82) is 0 Å². The van der Waals surface area contributed by atoms with E-state index >= 15 is 0 Å². The van der Waals surface area contributed by atoms with Crippen LogP contribution in [0, 0.1) is 23.7 Å². The van der Waals surface area contributed by atoms with Gasteiger partial charge in [-0.25, -0.2) is 0 Å². The van der Waals surface area contributed by atoms with Crippen molar-refractivity contribution in [1.82, 2.24) is 0 Å². The molecule has 0 unspecified atom stereocenters. The Morgan fingerprint density at radius 2 is 1.38 bits per heavy atom. The SMILES string of the molecule is CCCCCC[C@H]1CC[C@H]([C@H]2CC[C@H](C=CC(F)(F)F)CC2)CC1. The molecule has 2 fully saturated rings. The van der Waals surface area contributed by atoms with Crippen LogP contribution in [0.15, 0.2) is 12.2 Å². The Balaban J connectivity index is 1.63. The fraction of sp³-hybridized carbons (Fsp3) is 0.905. The van der Waals surface area contributed by atoms with Gasteiger partial charge in [0.25, 0.3) is 0 Å². The second kappa shape index (κ2) is 9.87. The standard InChI is InChI=1S/C21H35F3/c1-2-3-4-5-6-17-7-11-19(12-8-17)20-13-9-18(10-14-20)15-16-21(22,23)24/h15-20H,2-14H2,1H3/t17-,18-,19-,20-. The Morgan fingerprint density at radius 1 is 0.792 bits per heavy atom. The van der Waals surface area contributed by atoms with Crippen LogP contribution in [0.1, 0.15) is 90.4 Å². The minimum atomic E-state index is -4.15. The van der Waals surface area contributed by atoms with E-state index in [0.717, 1.165) is 43.4 Å². The molecular weight excluding hydrogens is 309 g/mol. The number of hydrogen-bond donors (Lipinski definition) is 0. The van der Waals surface area contributed by atoms with Crippen LogP contribution in [-0.4, -0.2) is 6.18 Å². The summed E-state index contributed by atoms with van der Waals surface area (Å²) in [5.41, 5.74) is 0. The van der Waals surface area contributed by atoms with E-state index in [1.165, 1.54) is 63.9 Å². The zero-order valence-electron chi connectivity index (χ0n) is 15.3. The molecule has 24 heavy (non-hydrogen) atoms. The highest BCUT2D eigenvalue weighted by molar-refractivity contribution is 4.96. The molecule has 3 heteroatoms. The van der Waals surface area contributed by atoms with Gasteiger partial charge in [0.2, 0.25) is 0 Å². The van der Waals surface area contributed by atoms with Gasteiger partial charge >= 0.3 is 6.18 Å². The molecule has 2 aliphatic rings. The van der Waals surface area contributed by atoms with Crippen molar-refractivity contribution in [3.8, 4) is 0 Å². The maximum absolute atomic E-state index is 12.3. The highest BCUT2D eigenvalue weighted by atomic mass is 19.4. The summed E-state index contributed by atoms with van der Waals surface area (Å²) in [4.78, 5) is 0. The molecular formula is C21H35F3. The minimum absolute atomic E-state index is 0.151. The lowest BCUT2D eigenvalue weighted by Gasteiger charge is -2.37. The third-order valence-electron chi connectivity index (χ3n) is 6.40. The quantitative estimate of drug-likeness (QED) is 0.328. The molecule has 0 bridgehead atoms. The van der Waals surface area contributed by atoms with Crippen LogP contribution in [0.3, 0.4) is 0 Å². The average Bonchev–Trinajstić information content (AvgIpc) is 2.57. The van der Waals surface area contributed by atoms with Gasteiger partial charge in [-0.05, 0) is 62.2 Å². The number of unbranched alkanes of at least 4 members (excludes halogenated alkanes) is 3. The van der Waals surface area contributed by atoms with Crippen LogP contribution in [0.5, 0.6) is 0 Å². The Hall–Kier alpha value is -0.470. The predicted molar refractivity (Wildman–Crippen MR) is 94.9 cm³/mol. The van der Waals surface area contributed by atoms with Gasteiger partial charge in [0.15, 0.2) is 0 Å². The largest absolute Gasteiger partial charge is 0.409 e. The Kier molecular flexibility index (Phi) is 8.16. The molecule has 0 spiro atoms. The summed E-state index contributed by atoms with van der Waals surface area (Å²) in [7, 11) is 0. The molecule has 0 aromatic heterocycles. The van der Waals surface area contributed by atoms with Gasteiger partial charge in [0.05, 0.1) is 0 Å². The Bertz CT molecular complexity index is 356. The number of rotatable bonds is 7. The van der Waals surface area contributed by atoms with Crippen molar-refractivity contribution >= 4 is 0 Å². The number of hydrogen-bond acceptors (Lipinski definition) is 0. The smallest absolute Gasteiger partial charge is 0.167 e. The van der Waals surface area contributed by atoms with Crippen LogP contribution < -0.4 is 0 Å². The highest BCUT2D eigenvalue weighted by Gasteiger charge is 2.31. The summed E-state index contributed by atoms with van der Waals surface area (Å²) in [6.07, 6.45) is 14.3. The van der Waals surface area contributed by atoms with Crippen molar-refractivity contribution in [3.63, 3.8) is 0 Å². The van der Waals surface area contributed by atoms with Gasteiger partial charge in [-0.1, -0.05) is 57.9 Å². The first kappa shape index (κ1) is 19.8. The molecule has 0 aliphatic heterocycles. The van der Waals surface area contributed by atoms with Crippen LogP contribution in [0.25, 0.3) is 0 Å². The van der Waals surface area contributed by atoms with E-state index in [1.807, 2.05) is 0 Å².